The molecule has 0 saturated heterocycles. The monoisotopic (exact) mass is 600 g/mol. The Balaban J connectivity index is 1.26. The standard InChI is InChI=1S/C36H40O4S2/c1-3-5-7-9-11-33(37)39-35-25-23-31(41-35)29-19-15-27(16-20-29)13-14-28-17-21-30(22-18-28)32-24-26-36(42-32)40-34(38)12-10-8-6-4-2/h13-26H,3-12H2,1-2H3/b14-13+. The molecule has 4 aromatic rings. The van der Waals surface area contributed by atoms with Crippen molar-refractivity contribution in [3.05, 3.63) is 83.9 Å². The second-order valence-electron chi connectivity index (χ2n) is 10.4. The van der Waals surface area contributed by atoms with Crippen molar-refractivity contribution in [2.75, 3.05) is 0 Å². The smallest absolute Gasteiger partial charge is 0.311 e. The fraction of sp³-hybridized carbons (Fsp3) is 0.333. The second kappa shape index (κ2) is 16.8. The zero-order valence-corrected chi connectivity index (χ0v) is 26.2. The second-order valence-corrected chi connectivity index (χ2v) is 12.5. The Morgan fingerprint density at radius 2 is 0.952 bits per heavy atom. The fourth-order valence-electron chi connectivity index (χ4n) is 4.49. The summed E-state index contributed by atoms with van der Waals surface area (Å²) in [5.74, 6) is -0.302. The molecule has 0 aliphatic rings. The maximum Gasteiger partial charge on any atom is 0.311 e. The van der Waals surface area contributed by atoms with Crippen molar-refractivity contribution in [2.24, 2.45) is 0 Å². The summed E-state index contributed by atoms with van der Waals surface area (Å²) < 4.78 is 11.1. The van der Waals surface area contributed by atoms with Gasteiger partial charge in [-0.25, -0.2) is 0 Å². The number of esters is 2. The summed E-state index contributed by atoms with van der Waals surface area (Å²) in [6.45, 7) is 4.32. The van der Waals surface area contributed by atoms with E-state index in [-0.39, 0.29) is 11.9 Å². The Hall–Kier alpha value is -3.48. The molecule has 0 atom stereocenters. The van der Waals surface area contributed by atoms with Gasteiger partial charge in [-0.05, 0) is 59.4 Å². The van der Waals surface area contributed by atoms with Crippen LogP contribution in [-0.2, 0) is 9.59 Å². The number of carbonyl (C=O) groups excluding carboxylic acids is 2. The minimum Gasteiger partial charge on any atom is -0.415 e. The van der Waals surface area contributed by atoms with Crippen molar-refractivity contribution in [2.45, 2.75) is 78.1 Å². The molecule has 0 spiro atoms. The Morgan fingerprint density at radius 1 is 0.548 bits per heavy atom. The Labute approximate surface area is 258 Å². The molecular weight excluding hydrogens is 561 g/mol. The summed E-state index contributed by atoms with van der Waals surface area (Å²) in [7, 11) is 0. The van der Waals surface area contributed by atoms with Gasteiger partial charge in [-0.15, -0.1) is 0 Å². The Morgan fingerprint density at radius 3 is 1.33 bits per heavy atom. The number of carbonyl (C=O) groups is 2. The van der Waals surface area contributed by atoms with Crippen LogP contribution in [0.3, 0.4) is 0 Å². The third-order valence-electron chi connectivity index (χ3n) is 6.92. The van der Waals surface area contributed by atoms with E-state index in [0.29, 0.717) is 23.0 Å². The van der Waals surface area contributed by atoms with Crippen LogP contribution in [0.25, 0.3) is 33.0 Å². The quantitative estimate of drug-likeness (QED) is 0.0729. The number of ether oxygens (including phenoxy) is 2. The Kier molecular flexibility index (Phi) is 12.6. The molecule has 42 heavy (non-hydrogen) atoms. The van der Waals surface area contributed by atoms with Gasteiger partial charge in [0, 0.05) is 22.6 Å². The number of benzene rings is 2. The van der Waals surface area contributed by atoms with Gasteiger partial charge in [-0.2, -0.15) is 0 Å². The molecule has 0 radical (unpaired) electrons. The van der Waals surface area contributed by atoms with Crippen molar-refractivity contribution < 1.29 is 19.1 Å². The van der Waals surface area contributed by atoms with Gasteiger partial charge in [0.25, 0.3) is 0 Å². The molecule has 0 bridgehead atoms. The first-order valence-electron chi connectivity index (χ1n) is 15.0. The van der Waals surface area contributed by atoms with E-state index in [1.165, 1.54) is 22.7 Å². The summed E-state index contributed by atoms with van der Waals surface area (Å²) in [4.78, 5) is 26.3. The highest BCUT2D eigenvalue weighted by Gasteiger charge is 2.10. The highest BCUT2D eigenvalue weighted by molar-refractivity contribution is 7.17. The van der Waals surface area contributed by atoms with Crippen molar-refractivity contribution >= 4 is 46.8 Å². The molecule has 4 rings (SSSR count). The molecule has 0 amide bonds. The maximum atomic E-state index is 12.1. The van der Waals surface area contributed by atoms with Gasteiger partial charge in [-0.1, -0.05) is 136 Å². The summed E-state index contributed by atoms with van der Waals surface area (Å²) in [5.41, 5.74) is 4.42. The van der Waals surface area contributed by atoms with Crippen molar-refractivity contribution in [1.82, 2.24) is 0 Å². The third-order valence-corrected chi connectivity index (χ3v) is 8.94. The molecule has 0 saturated carbocycles. The van der Waals surface area contributed by atoms with Gasteiger partial charge in [0.1, 0.15) is 0 Å². The minimum absolute atomic E-state index is 0.151. The third kappa shape index (κ3) is 10.1. The van der Waals surface area contributed by atoms with E-state index in [1.807, 2.05) is 24.3 Å². The van der Waals surface area contributed by atoms with E-state index in [1.54, 1.807) is 0 Å². The topological polar surface area (TPSA) is 52.6 Å². The lowest BCUT2D eigenvalue weighted by Gasteiger charge is -2.02. The van der Waals surface area contributed by atoms with Crippen molar-refractivity contribution in [3.63, 3.8) is 0 Å². The minimum atomic E-state index is -0.151. The molecule has 2 aromatic carbocycles. The van der Waals surface area contributed by atoms with Crippen LogP contribution in [0.5, 0.6) is 10.1 Å². The molecule has 0 aliphatic heterocycles. The van der Waals surface area contributed by atoms with Crippen LogP contribution >= 0.6 is 22.7 Å². The average molecular weight is 601 g/mol. The van der Waals surface area contributed by atoms with Gasteiger partial charge in [0.15, 0.2) is 10.1 Å². The zero-order chi connectivity index (χ0) is 29.6. The highest BCUT2D eigenvalue weighted by Crippen LogP contribution is 2.35. The van der Waals surface area contributed by atoms with E-state index < -0.39 is 0 Å². The molecule has 0 unspecified atom stereocenters. The molecular formula is C36H40O4S2. The molecule has 6 heteroatoms. The lowest BCUT2D eigenvalue weighted by molar-refractivity contribution is -0.135. The maximum absolute atomic E-state index is 12.1. The normalized spacial score (nSPS) is 11.2. The zero-order valence-electron chi connectivity index (χ0n) is 24.6. The van der Waals surface area contributed by atoms with E-state index in [4.69, 9.17) is 9.47 Å². The van der Waals surface area contributed by atoms with E-state index in [2.05, 4.69) is 74.5 Å². The predicted molar refractivity (Wildman–Crippen MR) is 177 cm³/mol. The first-order chi connectivity index (χ1) is 20.5. The number of rotatable bonds is 16. The van der Waals surface area contributed by atoms with Crippen LogP contribution in [0, 0.1) is 0 Å². The van der Waals surface area contributed by atoms with E-state index in [9.17, 15) is 9.59 Å². The van der Waals surface area contributed by atoms with Crippen LogP contribution in [0.2, 0.25) is 0 Å². The number of thiophene rings is 2. The van der Waals surface area contributed by atoms with Crippen LogP contribution < -0.4 is 9.47 Å². The largest absolute Gasteiger partial charge is 0.415 e. The van der Waals surface area contributed by atoms with Gasteiger partial charge < -0.3 is 9.47 Å². The molecule has 4 nitrogen and oxygen atoms in total. The first-order valence-corrected chi connectivity index (χ1v) is 16.7. The van der Waals surface area contributed by atoms with Gasteiger partial charge >= 0.3 is 11.9 Å². The number of unbranched alkanes of at least 4 members (excludes halogenated alkanes) is 6. The van der Waals surface area contributed by atoms with Gasteiger partial charge in [-0.3, -0.25) is 9.59 Å². The summed E-state index contributed by atoms with van der Waals surface area (Å²) in [6, 6.07) is 24.5. The lowest BCUT2D eigenvalue weighted by atomic mass is 10.1. The van der Waals surface area contributed by atoms with Crippen molar-refractivity contribution in [3.8, 4) is 31.0 Å². The Bertz CT molecular complexity index is 1320. The molecule has 0 fully saturated rings. The number of hydrogen-bond acceptors (Lipinski definition) is 6. The molecule has 2 aromatic heterocycles. The lowest BCUT2D eigenvalue weighted by Crippen LogP contribution is -2.06. The predicted octanol–water partition coefficient (Wildman–Crippen LogP) is 11.1. The molecule has 220 valence electrons. The van der Waals surface area contributed by atoms with Gasteiger partial charge in [0.05, 0.1) is 0 Å². The average Bonchev–Trinajstić information content (AvgIpc) is 3.67. The summed E-state index contributed by atoms with van der Waals surface area (Å²) in [5, 5.41) is 1.30. The molecule has 2 heterocycles. The molecule has 0 aliphatic carbocycles. The summed E-state index contributed by atoms with van der Waals surface area (Å²) in [6.07, 6.45) is 13.7. The van der Waals surface area contributed by atoms with Crippen molar-refractivity contribution in [1.29, 1.82) is 0 Å². The van der Waals surface area contributed by atoms with E-state index in [0.717, 1.165) is 83.4 Å². The highest BCUT2D eigenvalue weighted by atomic mass is 32.1. The first kappa shape index (κ1) is 31.5. The SMILES string of the molecule is CCCCCCC(=O)Oc1ccc(-c2ccc(/C=C/c3ccc(-c4ccc(OC(=O)CCCCCC)s4)cc3)cc2)s1. The fourth-order valence-corrected chi connectivity index (χ4v) is 6.24. The van der Waals surface area contributed by atoms with Crippen LogP contribution in [0.15, 0.2) is 72.8 Å². The van der Waals surface area contributed by atoms with Crippen LogP contribution in [-0.4, -0.2) is 11.9 Å². The van der Waals surface area contributed by atoms with Crippen LogP contribution in [0.1, 0.15) is 89.2 Å². The summed E-state index contributed by atoms with van der Waals surface area (Å²) >= 11 is 3.00. The molecule has 0 N–H and O–H groups in total. The van der Waals surface area contributed by atoms with Gasteiger partial charge in [0.2, 0.25) is 0 Å². The number of hydrogen-bond donors (Lipinski definition) is 0. The van der Waals surface area contributed by atoms with Crippen LogP contribution in [0.4, 0.5) is 0 Å². The van der Waals surface area contributed by atoms with E-state index >= 15 is 0 Å².